The Bertz CT molecular complexity index is 334. The number of thioether (sulfide) groups is 1. The summed E-state index contributed by atoms with van der Waals surface area (Å²) in [6.07, 6.45) is 0.634. The third-order valence-corrected chi connectivity index (χ3v) is 2.26. The highest BCUT2D eigenvalue weighted by Gasteiger charge is 2.07. The average Bonchev–Trinajstić information content (AvgIpc) is 2.19. The molecule has 0 aromatic heterocycles. The maximum absolute atomic E-state index is 8.70. The molecule has 1 atom stereocenters. The van der Waals surface area contributed by atoms with Gasteiger partial charge in [-0.15, -0.1) is 0 Å². The van der Waals surface area contributed by atoms with Crippen LogP contribution in [0.25, 0.3) is 0 Å². The third kappa shape index (κ3) is 3.19. The Morgan fingerprint density at radius 1 is 1.23 bits per heavy atom. The minimum Gasteiger partial charge on any atom is -0.197 e. The maximum atomic E-state index is 8.70. The van der Waals surface area contributed by atoms with E-state index in [1.54, 1.807) is 0 Å². The van der Waals surface area contributed by atoms with E-state index in [4.69, 9.17) is 10.5 Å². The van der Waals surface area contributed by atoms with Crippen LogP contribution < -0.4 is 0 Å². The second-order valence-corrected chi connectivity index (χ2v) is 3.50. The highest BCUT2D eigenvalue weighted by molar-refractivity contribution is 8.04. The summed E-state index contributed by atoms with van der Waals surface area (Å²) in [5.74, 6) is 0. The summed E-state index contributed by atoms with van der Waals surface area (Å²) in [5.41, 5.74) is 1.09. The highest BCUT2D eigenvalue weighted by Crippen LogP contribution is 2.14. The van der Waals surface area contributed by atoms with Crippen LogP contribution in [0, 0.1) is 22.0 Å². The van der Waals surface area contributed by atoms with Gasteiger partial charge < -0.3 is 0 Å². The summed E-state index contributed by atoms with van der Waals surface area (Å²) >= 11 is 1.02. The average molecular weight is 188 g/mol. The second-order valence-electron chi connectivity index (χ2n) is 2.52. The van der Waals surface area contributed by atoms with Gasteiger partial charge in [0, 0.05) is 0 Å². The third-order valence-electron chi connectivity index (χ3n) is 1.60. The van der Waals surface area contributed by atoms with Crippen molar-refractivity contribution in [2.24, 2.45) is 0 Å². The lowest BCUT2D eigenvalue weighted by molar-refractivity contribution is 1.03. The summed E-state index contributed by atoms with van der Waals surface area (Å²) in [5, 5.41) is 18.8. The van der Waals surface area contributed by atoms with Crippen LogP contribution in [0.4, 0.5) is 0 Å². The molecule has 13 heavy (non-hydrogen) atoms. The number of hydrogen-bond acceptors (Lipinski definition) is 3. The Balaban J connectivity index is 2.59. The molecule has 0 N–H and O–H groups in total. The number of rotatable bonds is 3. The molecule has 0 amide bonds. The number of nitrogens with zero attached hydrogens (tertiary/aromatic N) is 2. The first-order chi connectivity index (χ1) is 6.36. The Hall–Kier alpha value is -1.45. The topological polar surface area (TPSA) is 47.6 Å². The van der Waals surface area contributed by atoms with E-state index in [2.05, 4.69) is 6.07 Å². The van der Waals surface area contributed by atoms with Crippen LogP contribution in [-0.2, 0) is 6.42 Å². The molecule has 0 spiro atoms. The lowest BCUT2D eigenvalue weighted by Gasteiger charge is -2.02. The fourth-order valence-corrected chi connectivity index (χ4v) is 1.46. The van der Waals surface area contributed by atoms with Crippen molar-refractivity contribution in [1.29, 1.82) is 10.5 Å². The monoisotopic (exact) mass is 188 g/mol. The van der Waals surface area contributed by atoms with Gasteiger partial charge in [-0.05, 0) is 23.7 Å². The molecular formula is C10H8N2S. The Morgan fingerprint density at radius 3 is 2.46 bits per heavy atom. The lowest BCUT2D eigenvalue weighted by atomic mass is 10.1. The summed E-state index contributed by atoms with van der Waals surface area (Å²) in [7, 11) is 0. The molecular weight excluding hydrogens is 180 g/mol. The molecule has 1 aromatic carbocycles. The van der Waals surface area contributed by atoms with E-state index in [1.807, 2.05) is 35.7 Å². The Morgan fingerprint density at radius 2 is 1.92 bits per heavy atom. The van der Waals surface area contributed by atoms with E-state index in [0.717, 1.165) is 17.3 Å². The van der Waals surface area contributed by atoms with Crippen LogP contribution in [0.5, 0.6) is 0 Å². The van der Waals surface area contributed by atoms with Crippen LogP contribution in [0.2, 0.25) is 0 Å². The van der Waals surface area contributed by atoms with E-state index >= 15 is 0 Å². The van der Waals surface area contributed by atoms with E-state index < -0.39 is 0 Å². The first-order valence-corrected chi connectivity index (χ1v) is 4.73. The van der Waals surface area contributed by atoms with Crippen LogP contribution in [0.15, 0.2) is 30.3 Å². The molecule has 1 unspecified atom stereocenters. The molecule has 0 aliphatic heterocycles. The molecule has 0 bridgehead atoms. The highest BCUT2D eigenvalue weighted by atomic mass is 32.2. The van der Waals surface area contributed by atoms with Gasteiger partial charge in [0.2, 0.25) is 0 Å². The van der Waals surface area contributed by atoms with Gasteiger partial charge >= 0.3 is 0 Å². The first kappa shape index (κ1) is 9.64. The van der Waals surface area contributed by atoms with E-state index in [9.17, 15) is 0 Å². The van der Waals surface area contributed by atoms with Crippen molar-refractivity contribution in [3.63, 3.8) is 0 Å². The predicted molar refractivity (Wildman–Crippen MR) is 52.8 cm³/mol. The normalized spacial score (nSPS) is 11.2. The molecule has 0 fully saturated rings. The molecule has 1 rings (SSSR count). The number of nitriles is 2. The molecule has 2 nitrogen and oxygen atoms in total. The minimum atomic E-state index is -0.257. The van der Waals surface area contributed by atoms with Gasteiger partial charge in [0.05, 0.1) is 6.07 Å². The van der Waals surface area contributed by atoms with Gasteiger partial charge in [0.1, 0.15) is 10.7 Å². The van der Waals surface area contributed by atoms with Crippen LogP contribution >= 0.6 is 11.8 Å². The molecule has 0 aliphatic rings. The van der Waals surface area contributed by atoms with Crippen LogP contribution in [0.1, 0.15) is 5.56 Å². The molecule has 0 radical (unpaired) electrons. The van der Waals surface area contributed by atoms with Gasteiger partial charge in [-0.25, -0.2) is 0 Å². The SMILES string of the molecule is N#CSC(C#N)Cc1ccccc1. The number of benzene rings is 1. The van der Waals surface area contributed by atoms with Crippen LogP contribution in [0.3, 0.4) is 0 Å². The molecule has 3 heteroatoms. The van der Waals surface area contributed by atoms with E-state index in [-0.39, 0.29) is 5.25 Å². The van der Waals surface area contributed by atoms with Crippen molar-refractivity contribution < 1.29 is 0 Å². The number of hydrogen-bond donors (Lipinski definition) is 0. The summed E-state index contributed by atoms with van der Waals surface area (Å²) in [4.78, 5) is 0. The van der Waals surface area contributed by atoms with Crippen molar-refractivity contribution in [2.75, 3.05) is 0 Å². The quantitative estimate of drug-likeness (QED) is 0.684. The fraction of sp³-hybridized carbons (Fsp3) is 0.200. The predicted octanol–water partition coefficient (Wildman–Crippen LogP) is 2.34. The van der Waals surface area contributed by atoms with Crippen LogP contribution in [-0.4, -0.2) is 5.25 Å². The van der Waals surface area contributed by atoms with Gasteiger partial charge in [-0.3, -0.25) is 0 Å². The van der Waals surface area contributed by atoms with Crippen molar-refractivity contribution >= 4 is 11.8 Å². The summed E-state index contributed by atoms with van der Waals surface area (Å²) in [6, 6.07) is 11.8. The molecule has 0 saturated carbocycles. The zero-order valence-electron chi connectivity index (χ0n) is 6.97. The molecule has 1 aromatic rings. The molecule has 0 aliphatic carbocycles. The van der Waals surface area contributed by atoms with Crippen molar-refractivity contribution in [1.82, 2.24) is 0 Å². The van der Waals surface area contributed by atoms with E-state index in [0.29, 0.717) is 6.42 Å². The largest absolute Gasteiger partial charge is 0.197 e. The van der Waals surface area contributed by atoms with Gasteiger partial charge in [0.25, 0.3) is 0 Å². The van der Waals surface area contributed by atoms with Crippen molar-refractivity contribution in [3.05, 3.63) is 35.9 Å². The van der Waals surface area contributed by atoms with Crippen molar-refractivity contribution in [3.8, 4) is 11.5 Å². The van der Waals surface area contributed by atoms with E-state index in [1.165, 1.54) is 0 Å². The summed E-state index contributed by atoms with van der Waals surface area (Å²) in [6.45, 7) is 0. The standard InChI is InChI=1S/C10H8N2S/c11-7-10(13-8-12)6-9-4-2-1-3-5-9/h1-5,10H,6H2. The fourth-order valence-electron chi connectivity index (χ4n) is 1.01. The lowest BCUT2D eigenvalue weighted by Crippen LogP contribution is -2.02. The zero-order chi connectivity index (χ0) is 9.52. The minimum absolute atomic E-state index is 0.257. The Labute approximate surface area is 81.8 Å². The smallest absolute Gasteiger partial charge is 0.134 e. The number of thiocyanates is 1. The van der Waals surface area contributed by atoms with Gasteiger partial charge in [-0.1, -0.05) is 30.3 Å². The Kier molecular flexibility index (Phi) is 3.88. The van der Waals surface area contributed by atoms with Gasteiger partial charge in [0.15, 0.2) is 0 Å². The molecule has 0 saturated heterocycles. The molecule has 0 heterocycles. The van der Waals surface area contributed by atoms with Crippen molar-refractivity contribution in [2.45, 2.75) is 11.7 Å². The first-order valence-electron chi connectivity index (χ1n) is 3.85. The second kappa shape index (κ2) is 5.24. The zero-order valence-corrected chi connectivity index (χ0v) is 7.79. The van der Waals surface area contributed by atoms with Gasteiger partial charge in [-0.2, -0.15) is 10.5 Å². The molecule has 64 valence electrons. The summed E-state index contributed by atoms with van der Waals surface area (Å²) < 4.78 is 0. The maximum Gasteiger partial charge on any atom is 0.134 e.